The number of hydrogen-bond acceptors (Lipinski definition) is 7. The van der Waals surface area contributed by atoms with Crippen LogP contribution < -0.4 is 5.32 Å². The normalized spacial score (nSPS) is 20.1. The third kappa shape index (κ3) is 5.16. The number of thiazole rings is 1. The van der Waals surface area contributed by atoms with Gasteiger partial charge < -0.3 is 19.9 Å². The number of piperazine rings is 1. The molecule has 1 fully saturated rings. The van der Waals surface area contributed by atoms with Crippen LogP contribution in [0.25, 0.3) is 0 Å². The van der Waals surface area contributed by atoms with Crippen molar-refractivity contribution in [1.82, 2.24) is 20.1 Å². The summed E-state index contributed by atoms with van der Waals surface area (Å²) >= 11 is 1.74. The van der Waals surface area contributed by atoms with Crippen molar-refractivity contribution in [3.63, 3.8) is 0 Å². The van der Waals surface area contributed by atoms with Gasteiger partial charge in [0.25, 0.3) is 0 Å². The van der Waals surface area contributed by atoms with Crippen molar-refractivity contribution in [1.29, 1.82) is 0 Å². The molecule has 1 amide bonds. The third-order valence-corrected chi connectivity index (χ3v) is 6.03. The number of aliphatic imine (C=N–C) groups is 1. The SMILES string of the molecule is CC(C)(C)OC(=O)N1CCN2C(NCCc3csc(C(C)(C)C)n3)=NCC2C1. The zero-order valence-corrected chi connectivity index (χ0v) is 18.7. The maximum absolute atomic E-state index is 12.3. The van der Waals surface area contributed by atoms with Crippen molar-refractivity contribution in [3.05, 3.63) is 16.1 Å². The number of nitrogens with one attached hydrogen (secondary N) is 1. The Bertz CT molecular complexity index is 732. The minimum Gasteiger partial charge on any atom is -0.444 e. The zero-order valence-electron chi connectivity index (χ0n) is 17.9. The molecule has 1 unspecified atom stereocenters. The number of carbonyl (C=O) groups is 1. The van der Waals surface area contributed by atoms with Crippen LogP contribution in [0.2, 0.25) is 0 Å². The predicted octanol–water partition coefficient (Wildman–Crippen LogP) is 2.86. The summed E-state index contributed by atoms with van der Waals surface area (Å²) in [4.78, 5) is 25.8. The molecule has 1 atom stereocenters. The minimum absolute atomic E-state index is 0.104. The molecule has 2 aliphatic rings. The van der Waals surface area contributed by atoms with Crippen molar-refractivity contribution in [2.24, 2.45) is 4.99 Å². The molecule has 0 aliphatic carbocycles. The van der Waals surface area contributed by atoms with Gasteiger partial charge >= 0.3 is 6.09 Å². The highest BCUT2D eigenvalue weighted by Gasteiger charge is 2.36. The quantitative estimate of drug-likeness (QED) is 0.834. The summed E-state index contributed by atoms with van der Waals surface area (Å²) in [7, 11) is 0. The molecular formula is C20H33N5O2S. The Balaban J connectivity index is 1.46. The van der Waals surface area contributed by atoms with Crippen LogP contribution in [0.4, 0.5) is 4.79 Å². The topological polar surface area (TPSA) is 70.1 Å². The summed E-state index contributed by atoms with van der Waals surface area (Å²) in [5.41, 5.74) is 0.773. The van der Waals surface area contributed by atoms with E-state index in [0.29, 0.717) is 19.6 Å². The lowest BCUT2D eigenvalue weighted by Gasteiger charge is -2.39. The molecule has 7 nitrogen and oxygen atoms in total. The molecule has 3 heterocycles. The fraction of sp³-hybridized carbons (Fsp3) is 0.750. The molecule has 1 saturated heterocycles. The van der Waals surface area contributed by atoms with E-state index in [1.54, 1.807) is 16.2 Å². The molecular weight excluding hydrogens is 374 g/mol. The fourth-order valence-electron chi connectivity index (χ4n) is 3.29. The lowest BCUT2D eigenvalue weighted by atomic mass is 9.98. The first-order valence-corrected chi connectivity index (χ1v) is 10.9. The smallest absolute Gasteiger partial charge is 0.410 e. The van der Waals surface area contributed by atoms with Gasteiger partial charge in [-0.1, -0.05) is 20.8 Å². The molecule has 0 radical (unpaired) electrons. The molecule has 28 heavy (non-hydrogen) atoms. The molecule has 156 valence electrons. The van der Waals surface area contributed by atoms with E-state index < -0.39 is 5.60 Å². The minimum atomic E-state index is -0.463. The van der Waals surface area contributed by atoms with E-state index in [1.165, 1.54) is 5.01 Å². The number of amides is 1. The van der Waals surface area contributed by atoms with Gasteiger partial charge in [-0.3, -0.25) is 4.99 Å². The second kappa shape index (κ2) is 7.89. The first kappa shape index (κ1) is 20.9. The third-order valence-electron chi connectivity index (χ3n) is 4.72. The average molecular weight is 408 g/mol. The molecule has 0 bridgehead atoms. The number of rotatable bonds is 3. The molecule has 1 N–H and O–H groups in total. The number of nitrogens with zero attached hydrogens (tertiary/aromatic N) is 4. The Hall–Kier alpha value is -1.83. The summed E-state index contributed by atoms with van der Waals surface area (Å²) in [6, 6.07) is 0.232. The largest absolute Gasteiger partial charge is 0.444 e. The second-order valence-electron chi connectivity index (χ2n) is 9.51. The highest BCUT2D eigenvalue weighted by molar-refractivity contribution is 7.09. The Morgan fingerprint density at radius 1 is 1.29 bits per heavy atom. The van der Waals surface area contributed by atoms with Crippen molar-refractivity contribution in [2.45, 2.75) is 65.0 Å². The van der Waals surface area contributed by atoms with Gasteiger partial charge in [-0.15, -0.1) is 11.3 Å². The van der Waals surface area contributed by atoms with Gasteiger partial charge in [0, 0.05) is 43.4 Å². The summed E-state index contributed by atoms with van der Waals surface area (Å²) in [5, 5.41) is 6.80. The highest BCUT2D eigenvalue weighted by Crippen LogP contribution is 2.25. The zero-order chi connectivity index (χ0) is 20.5. The molecule has 1 aromatic rings. The van der Waals surface area contributed by atoms with Crippen LogP contribution in [0.15, 0.2) is 10.4 Å². The molecule has 0 spiro atoms. The van der Waals surface area contributed by atoms with Crippen LogP contribution in [0.3, 0.4) is 0 Å². The van der Waals surface area contributed by atoms with E-state index in [9.17, 15) is 4.79 Å². The van der Waals surface area contributed by atoms with E-state index in [2.05, 4.69) is 41.4 Å². The molecule has 0 aromatic carbocycles. The molecule has 2 aliphatic heterocycles. The maximum Gasteiger partial charge on any atom is 0.410 e. The summed E-state index contributed by atoms with van der Waals surface area (Å²) in [6.45, 7) is 15.9. The monoisotopic (exact) mass is 407 g/mol. The highest BCUT2D eigenvalue weighted by atomic mass is 32.1. The number of hydrogen-bond donors (Lipinski definition) is 1. The van der Waals surface area contributed by atoms with Gasteiger partial charge in [-0.2, -0.15) is 0 Å². The van der Waals surface area contributed by atoms with E-state index in [-0.39, 0.29) is 17.6 Å². The predicted molar refractivity (Wildman–Crippen MR) is 113 cm³/mol. The number of ether oxygens (including phenoxy) is 1. The van der Waals surface area contributed by atoms with E-state index in [4.69, 9.17) is 9.72 Å². The average Bonchev–Trinajstić information content (AvgIpc) is 3.20. The van der Waals surface area contributed by atoms with Gasteiger partial charge in [0.1, 0.15) is 5.60 Å². The Morgan fingerprint density at radius 2 is 2.04 bits per heavy atom. The first-order valence-electron chi connectivity index (χ1n) is 10.0. The number of guanidine groups is 1. The number of aromatic nitrogens is 1. The molecule has 3 rings (SSSR count). The fourth-order valence-corrected chi connectivity index (χ4v) is 4.23. The summed E-state index contributed by atoms with van der Waals surface area (Å²) in [6.07, 6.45) is 0.653. The Kier molecular flexibility index (Phi) is 5.89. The first-order chi connectivity index (χ1) is 13.0. The van der Waals surface area contributed by atoms with Crippen molar-refractivity contribution in [2.75, 3.05) is 32.7 Å². The van der Waals surface area contributed by atoms with Gasteiger partial charge in [-0.05, 0) is 20.8 Å². The van der Waals surface area contributed by atoms with Crippen molar-refractivity contribution < 1.29 is 9.53 Å². The van der Waals surface area contributed by atoms with Gasteiger partial charge in [0.2, 0.25) is 0 Å². The second-order valence-corrected chi connectivity index (χ2v) is 10.4. The van der Waals surface area contributed by atoms with E-state index in [1.807, 2.05) is 20.8 Å². The van der Waals surface area contributed by atoms with Crippen LogP contribution in [-0.4, -0.2) is 71.2 Å². The molecule has 1 aromatic heterocycles. The summed E-state index contributed by atoms with van der Waals surface area (Å²) in [5.74, 6) is 0.945. The lowest BCUT2D eigenvalue weighted by Crippen LogP contribution is -2.57. The van der Waals surface area contributed by atoms with Crippen LogP contribution in [0.1, 0.15) is 52.2 Å². The molecule has 0 saturated carbocycles. The van der Waals surface area contributed by atoms with Gasteiger partial charge in [-0.25, -0.2) is 9.78 Å². The van der Waals surface area contributed by atoms with Crippen LogP contribution >= 0.6 is 11.3 Å². The Labute approximate surface area is 172 Å². The van der Waals surface area contributed by atoms with Crippen LogP contribution in [0.5, 0.6) is 0 Å². The van der Waals surface area contributed by atoms with Gasteiger partial charge in [0.15, 0.2) is 5.96 Å². The summed E-state index contributed by atoms with van der Waals surface area (Å²) < 4.78 is 5.50. The van der Waals surface area contributed by atoms with Crippen molar-refractivity contribution in [3.8, 4) is 0 Å². The van der Waals surface area contributed by atoms with Crippen LogP contribution in [0, 0.1) is 0 Å². The van der Waals surface area contributed by atoms with Gasteiger partial charge in [0.05, 0.1) is 23.3 Å². The number of carbonyl (C=O) groups excluding carboxylic acids is 1. The Morgan fingerprint density at radius 3 is 2.68 bits per heavy atom. The van der Waals surface area contributed by atoms with E-state index >= 15 is 0 Å². The van der Waals surface area contributed by atoms with E-state index in [0.717, 1.165) is 31.2 Å². The standard InChI is InChI=1S/C20H33N5O2S/c1-19(2,3)16-23-14(13-28-16)7-8-21-17-22-11-15-12-24(9-10-25(15)17)18(26)27-20(4,5)6/h13,15H,7-12H2,1-6H3,(H,21,22). The molecule has 8 heteroatoms. The lowest BCUT2D eigenvalue weighted by molar-refractivity contribution is 0.0137. The number of fused-ring (bicyclic) bond motifs is 1. The van der Waals surface area contributed by atoms with Crippen LogP contribution in [-0.2, 0) is 16.6 Å². The van der Waals surface area contributed by atoms with Crippen molar-refractivity contribution >= 4 is 23.4 Å². The maximum atomic E-state index is 12.3.